The summed E-state index contributed by atoms with van der Waals surface area (Å²) in [6.45, 7) is 5.27. The molecule has 0 fully saturated rings. The van der Waals surface area contributed by atoms with Gasteiger partial charge in [-0.1, -0.05) is 31.2 Å². The van der Waals surface area contributed by atoms with E-state index in [1.807, 2.05) is 0 Å². The Morgan fingerprint density at radius 1 is 1.24 bits per heavy atom. The van der Waals surface area contributed by atoms with E-state index < -0.39 is 0 Å². The molecule has 1 N–H and O–H groups in total. The molecule has 0 bridgehead atoms. The monoisotopic (exact) mass is 309 g/mol. The summed E-state index contributed by atoms with van der Waals surface area (Å²) in [5, 5.41) is 7.91. The fourth-order valence-corrected chi connectivity index (χ4v) is 3.55. The van der Waals surface area contributed by atoms with E-state index >= 15 is 0 Å². The molecule has 90 valence electrons. The lowest BCUT2D eigenvalue weighted by atomic mass is 9.97. The molecule has 2 rings (SSSR count). The van der Waals surface area contributed by atoms with E-state index in [1.54, 1.807) is 11.3 Å². The van der Waals surface area contributed by atoms with E-state index in [1.165, 1.54) is 21.2 Å². The first-order valence-corrected chi connectivity index (χ1v) is 7.48. The van der Waals surface area contributed by atoms with Crippen molar-refractivity contribution in [1.29, 1.82) is 0 Å². The van der Waals surface area contributed by atoms with Gasteiger partial charge in [-0.3, -0.25) is 0 Å². The summed E-state index contributed by atoms with van der Waals surface area (Å²) < 4.78 is 1.19. The second kappa shape index (κ2) is 5.80. The van der Waals surface area contributed by atoms with Gasteiger partial charge in [0.2, 0.25) is 0 Å². The maximum absolute atomic E-state index is 3.63. The van der Waals surface area contributed by atoms with E-state index in [2.05, 4.69) is 70.1 Å². The Balaban J connectivity index is 2.43. The van der Waals surface area contributed by atoms with Crippen molar-refractivity contribution in [2.45, 2.75) is 19.9 Å². The maximum Gasteiger partial charge on any atom is 0.0598 e. The molecule has 1 unspecified atom stereocenters. The third-order valence-electron chi connectivity index (χ3n) is 2.86. The Morgan fingerprint density at radius 2 is 2.00 bits per heavy atom. The van der Waals surface area contributed by atoms with Crippen LogP contribution in [0, 0.1) is 6.92 Å². The first-order valence-electron chi connectivity index (χ1n) is 5.74. The summed E-state index contributed by atoms with van der Waals surface area (Å²) in [6, 6.07) is 8.84. The second-order valence-corrected chi connectivity index (χ2v) is 5.62. The van der Waals surface area contributed by atoms with Crippen LogP contribution in [0.25, 0.3) is 0 Å². The maximum atomic E-state index is 3.63. The highest BCUT2D eigenvalue weighted by atomic mass is 79.9. The molecule has 3 heteroatoms. The van der Waals surface area contributed by atoms with E-state index in [-0.39, 0.29) is 6.04 Å². The van der Waals surface area contributed by atoms with E-state index in [9.17, 15) is 0 Å². The summed E-state index contributed by atoms with van der Waals surface area (Å²) in [5.74, 6) is 0. The molecular weight excluding hydrogens is 294 g/mol. The van der Waals surface area contributed by atoms with Gasteiger partial charge in [0, 0.05) is 9.85 Å². The van der Waals surface area contributed by atoms with Gasteiger partial charge in [0.1, 0.15) is 0 Å². The topological polar surface area (TPSA) is 12.0 Å². The van der Waals surface area contributed by atoms with Crippen LogP contribution in [-0.2, 0) is 0 Å². The number of hydrogen-bond acceptors (Lipinski definition) is 2. The molecule has 0 aliphatic carbocycles. The molecule has 0 spiro atoms. The number of benzene rings is 1. The molecule has 1 aromatic carbocycles. The van der Waals surface area contributed by atoms with Gasteiger partial charge in [-0.05, 0) is 51.5 Å². The van der Waals surface area contributed by atoms with Crippen molar-refractivity contribution in [1.82, 2.24) is 5.32 Å². The minimum Gasteiger partial charge on any atom is -0.306 e. The van der Waals surface area contributed by atoms with Gasteiger partial charge < -0.3 is 5.32 Å². The first-order chi connectivity index (χ1) is 8.24. The zero-order chi connectivity index (χ0) is 12.3. The SMILES string of the molecule is CCNC(c1ccccc1C)c1cscc1Br. The number of aryl methyl sites for hydroxylation is 1. The number of halogens is 1. The van der Waals surface area contributed by atoms with Crippen LogP contribution in [-0.4, -0.2) is 6.54 Å². The minimum atomic E-state index is 0.279. The van der Waals surface area contributed by atoms with Gasteiger partial charge in [0.05, 0.1) is 6.04 Å². The molecule has 0 aliphatic heterocycles. The summed E-state index contributed by atoms with van der Waals surface area (Å²) >= 11 is 5.36. The molecule has 1 nitrogen and oxygen atoms in total. The largest absolute Gasteiger partial charge is 0.306 e. The highest BCUT2D eigenvalue weighted by Crippen LogP contribution is 2.32. The molecule has 0 radical (unpaired) electrons. The average molecular weight is 310 g/mol. The van der Waals surface area contributed by atoms with Crippen LogP contribution >= 0.6 is 27.3 Å². The van der Waals surface area contributed by atoms with Crippen LogP contribution in [0.5, 0.6) is 0 Å². The van der Waals surface area contributed by atoms with Gasteiger partial charge in [-0.2, -0.15) is 11.3 Å². The van der Waals surface area contributed by atoms with Gasteiger partial charge >= 0.3 is 0 Å². The zero-order valence-corrected chi connectivity index (χ0v) is 12.4. The summed E-state index contributed by atoms with van der Waals surface area (Å²) in [4.78, 5) is 0. The fraction of sp³-hybridized carbons (Fsp3) is 0.286. The predicted molar refractivity (Wildman–Crippen MR) is 78.7 cm³/mol. The normalized spacial score (nSPS) is 12.6. The van der Waals surface area contributed by atoms with Crippen molar-refractivity contribution in [3.8, 4) is 0 Å². The van der Waals surface area contributed by atoms with Crippen molar-refractivity contribution in [2.75, 3.05) is 6.54 Å². The molecule has 0 saturated heterocycles. The molecule has 0 saturated carbocycles. The molecule has 17 heavy (non-hydrogen) atoms. The highest BCUT2D eigenvalue weighted by molar-refractivity contribution is 9.10. The van der Waals surface area contributed by atoms with Gasteiger partial charge in [0.25, 0.3) is 0 Å². The third-order valence-corrected chi connectivity index (χ3v) is 4.61. The van der Waals surface area contributed by atoms with E-state index in [0.29, 0.717) is 0 Å². The summed E-state index contributed by atoms with van der Waals surface area (Å²) in [6.07, 6.45) is 0. The van der Waals surface area contributed by atoms with Crippen molar-refractivity contribution < 1.29 is 0 Å². The molecule has 1 aromatic heterocycles. The van der Waals surface area contributed by atoms with E-state index in [4.69, 9.17) is 0 Å². The average Bonchev–Trinajstić information content (AvgIpc) is 2.74. The number of thiophene rings is 1. The summed E-state index contributed by atoms with van der Waals surface area (Å²) in [7, 11) is 0. The molecular formula is C14H16BrNS. The first kappa shape index (κ1) is 12.8. The fourth-order valence-electron chi connectivity index (χ4n) is 2.00. The molecule has 1 heterocycles. The van der Waals surface area contributed by atoms with Crippen LogP contribution in [0.3, 0.4) is 0 Å². The lowest BCUT2D eigenvalue weighted by Crippen LogP contribution is -2.22. The lowest BCUT2D eigenvalue weighted by Gasteiger charge is -2.20. The van der Waals surface area contributed by atoms with Gasteiger partial charge in [-0.15, -0.1) is 0 Å². The molecule has 1 atom stereocenters. The Labute approximate surface area is 115 Å². The zero-order valence-electron chi connectivity index (χ0n) is 10.0. The second-order valence-electron chi connectivity index (χ2n) is 4.02. The van der Waals surface area contributed by atoms with Gasteiger partial charge in [-0.25, -0.2) is 0 Å². The lowest BCUT2D eigenvalue weighted by molar-refractivity contribution is 0.627. The Hall–Kier alpha value is -0.640. The Morgan fingerprint density at radius 3 is 2.59 bits per heavy atom. The standard InChI is InChI=1S/C14H16BrNS/c1-3-16-14(12-8-17-9-13(12)15)11-7-5-4-6-10(11)2/h4-9,14,16H,3H2,1-2H3. The van der Waals surface area contributed by atoms with Gasteiger partial charge in [0.15, 0.2) is 0 Å². The van der Waals surface area contributed by atoms with Crippen LogP contribution in [0.4, 0.5) is 0 Å². The molecule has 2 aromatic rings. The van der Waals surface area contributed by atoms with Crippen molar-refractivity contribution in [2.24, 2.45) is 0 Å². The summed E-state index contributed by atoms with van der Waals surface area (Å²) in [5.41, 5.74) is 4.01. The minimum absolute atomic E-state index is 0.279. The van der Waals surface area contributed by atoms with Crippen molar-refractivity contribution in [3.63, 3.8) is 0 Å². The van der Waals surface area contributed by atoms with Crippen LogP contribution in [0.1, 0.15) is 29.7 Å². The quantitative estimate of drug-likeness (QED) is 0.875. The van der Waals surface area contributed by atoms with Crippen LogP contribution in [0.2, 0.25) is 0 Å². The Kier molecular flexibility index (Phi) is 4.37. The third kappa shape index (κ3) is 2.79. The van der Waals surface area contributed by atoms with Crippen LogP contribution < -0.4 is 5.32 Å². The number of nitrogens with one attached hydrogen (secondary N) is 1. The highest BCUT2D eigenvalue weighted by Gasteiger charge is 2.17. The van der Waals surface area contributed by atoms with Crippen LogP contribution in [0.15, 0.2) is 39.5 Å². The Bertz CT molecular complexity index is 492. The van der Waals surface area contributed by atoms with E-state index in [0.717, 1.165) is 6.54 Å². The smallest absolute Gasteiger partial charge is 0.0598 e. The van der Waals surface area contributed by atoms with Crippen molar-refractivity contribution >= 4 is 27.3 Å². The predicted octanol–water partition coefficient (Wildman–Crippen LogP) is 4.52. The molecule has 0 aliphatic rings. The number of hydrogen-bond donors (Lipinski definition) is 1. The van der Waals surface area contributed by atoms with Crippen molar-refractivity contribution in [3.05, 3.63) is 56.2 Å². The number of rotatable bonds is 4. The molecule has 0 amide bonds.